The Hall–Kier alpha value is -3.25. The van der Waals surface area contributed by atoms with Gasteiger partial charge in [-0.1, -0.05) is 43.3 Å². The lowest BCUT2D eigenvalue weighted by atomic mass is 9.91. The van der Waals surface area contributed by atoms with Crippen molar-refractivity contribution >= 4 is 23.0 Å². The van der Waals surface area contributed by atoms with Crippen LogP contribution in [0.25, 0.3) is 0 Å². The number of carbonyl (C=O) groups is 2. The van der Waals surface area contributed by atoms with Gasteiger partial charge in [-0.2, -0.15) is 0 Å². The van der Waals surface area contributed by atoms with E-state index in [1.807, 2.05) is 69.3 Å². The van der Waals surface area contributed by atoms with Crippen LogP contribution in [0.2, 0.25) is 0 Å². The fraction of sp³-hybridized carbons (Fsp3) is 0.259. The van der Waals surface area contributed by atoms with Crippen LogP contribution in [-0.4, -0.2) is 25.2 Å². The summed E-state index contributed by atoms with van der Waals surface area (Å²) in [6.07, 6.45) is 0.103. The molecule has 0 aliphatic rings. The van der Waals surface area contributed by atoms with E-state index in [1.54, 1.807) is 12.1 Å². The van der Waals surface area contributed by atoms with Gasteiger partial charge >= 0.3 is 12.1 Å². The molecule has 0 saturated carbocycles. The molecule has 33 heavy (non-hydrogen) atoms. The highest BCUT2D eigenvalue weighted by atomic mass is 32.2. The molecule has 172 valence electrons. The number of rotatable bonds is 9. The van der Waals surface area contributed by atoms with Crippen LogP contribution >= 0.6 is 0 Å². The Morgan fingerprint density at radius 3 is 1.85 bits per heavy atom. The van der Waals surface area contributed by atoms with Crippen molar-refractivity contribution in [1.82, 2.24) is 5.32 Å². The van der Waals surface area contributed by atoms with Gasteiger partial charge in [0, 0.05) is 0 Å². The van der Waals surface area contributed by atoms with E-state index in [0.717, 1.165) is 4.90 Å². The zero-order chi connectivity index (χ0) is 23.7. The van der Waals surface area contributed by atoms with Crippen molar-refractivity contribution in [2.24, 2.45) is 5.41 Å². The second-order valence-corrected chi connectivity index (χ2v) is 10.1. The molecule has 3 rings (SSSR count). The van der Waals surface area contributed by atoms with Gasteiger partial charge in [0.25, 0.3) is 0 Å². The fourth-order valence-electron chi connectivity index (χ4n) is 2.94. The third-order valence-electron chi connectivity index (χ3n) is 5.27. The number of amides is 1. The summed E-state index contributed by atoms with van der Waals surface area (Å²) in [5.74, 6) is 0.174. The van der Waals surface area contributed by atoms with E-state index in [0.29, 0.717) is 12.2 Å². The van der Waals surface area contributed by atoms with Crippen molar-refractivity contribution < 1.29 is 19.1 Å². The monoisotopic (exact) mass is 464 g/mol. The average Bonchev–Trinajstić information content (AvgIpc) is 2.84. The Kier molecular flexibility index (Phi) is 8.55. The van der Waals surface area contributed by atoms with Crippen LogP contribution < -0.4 is 10.1 Å². The van der Waals surface area contributed by atoms with Gasteiger partial charge in [0.1, 0.15) is 12.4 Å². The first-order valence-electron chi connectivity index (χ1n) is 11.0. The maximum Gasteiger partial charge on any atom is 0.412 e. The van der Waals surface area contributed by atoms with Gasteiger partial charge in [-0.25, -0.2) is 4.79 Å². The molecule has 3 aromatic rings. The highest BCUT2D eigenvalue weighted by Gasteiger charge is 2.28. The molecule has 6 heteroatoms. The highest BCUT2D eigenvalue weighted by Crippen LogP contribution is 2.31. The topological polar surface area (TPSA) is 64.6 Å². The van der Waals surface area contributed by atoms with Crippen molar-refractivity contribution in [2.75, 3.05) is 13.2 Å². The lowest BCUT2D eigenvalue weighted by Crippen LogP contribution is -2.33. The molecule has 0 aliphatic carbocycles. The summed E-state index contributed by atoms with van der Waals surface area (Å²) in [7, 11) is -0.259. The van der Waals surface area contributed by atoms with Crippen molar-refractivity contribution in [3.05, 3.63) is 84.9 Å². The largest absolute Gasteiger partial charge is 0.463 e. The van der Waals surface area contributed by atoms with Crippen LogP contribution in [0, 0.1) is 5.41 Å². The van der Waals surface area contributed by atoms with E-state index < -0.39 is 11.5 Å². The molecule has 0 atom stereocenters. The normalized spacial score (nSPS) is 11.2. The molecule has 0 unspecified atom stereocenters. The summed E-state index contributed by atoms with van der Waals surface area (Å²) in [6.45, 7) is 5.90. The molecule has 1 amide bonds. The maximum atomic E-state index is 12.1. The summed E-state index contributed by atoms with van der Waals surface area (Å²) >= 11 is 0. The standard InChI is InChI=1S/C27H29NO4S/c1-4-27(2,3)25(29)31-20-19-28-26(30)32-21-15-17-24(18-16-21)33(22-11-7-5-8-12-22)23-13-9-6-10-14-23/h5-18H,4,19-20H2,1-3H3/p+1. The highest BCUT2D eigenvalue weighted by molar-refractivity contribution is 7.97. The second kappa shape index (κ2) is 11.6. The fourth-order valence-corrected chi connectivity index (χ4v) is 5.03. The zero-order valence-electron chi connectivity index (χ0n) is 19.2. The third kappa shape index (κ3) is 6.86. The first-order chi connectivity index (χ1) is 15.9. The van der Waals surface area contributed by atoms with E-state index in [2.05, 4.69) is 29.6 Å². The Morgan fingerprint density at radius 2 is 1.33 bits per heavy atom. The van der Waals surface area contributed by atoms with Crippen molar-refractivity contribution in [2.45, 2.75) is 41.9 Å². The Morgan fingerprint density at radius 1 is 0.818 bits per heavy atom. The molecule has 0 heterocycles. The lowest BCUT2D eigenvalue weighted by molar-refractivity contribution is -0.153. The number of carbonyl (C=O) groups excluding carboxylic acids is 2. The molecule has 0 radical (unpaired) electrons. The van der Waals surface area contributed by atoms with E-state index in [4.69, 9.17) is 9.47 Å². The Balaban J connectivity index is 1.59. The van der Waals surface area contributed by atoms with Gasteiger partial charge in [-0.15, -0.1) is 0 Å². The van der Waals surface area contributed by atoms with E-state index >= 15 is 0 Å². The Labute approximate surface area is 198 Å². The number of nitrogens with one attached hydrogen (secondary N) is 1. The number of hydrogen-bond acceptors (Lipinski definition) is 4. The molecule has 0 aliphatic heterocycles. The van der Waals surface area contributed by atoms with Gasteiger partial charge < -0.3 is 14.8 Å². The van der Waals surface area contributed by atoms with Crippen molar-refractivity contribution in [3.8, 4) is 5.75 Å². The van der Waals surface area contributed by atoms with Gasteiger partial charge in [0.15, 0.2) is 14.7 Å². The van der Waals surface area contributed by atoms with Gasteiger partial charge in [-0.05, 0) is 68.8 Å². The van der Waals surface area contributed by atoms with Gasteiger partial charge in [0.2, 0.25) is 0 Å². The zero-order valence-corrected chi connectivity index (χ0v) is 20.1. The van der Waals surface area contributed by atoms with E-state index in [9.17, 15) is 9.59 Å². The first-order valence-corrected chi connectivity index (χ1v) is 12.2. The number of benzene rings is 3. The molecule has 5 nitrogen and oxygen atoms in total. The number of ether oxygens (including phenoxy) is 2. The third-order valence-corrected chi connectivity index (χ3v) is 7.50. The van der Waals surface area contributed by atoms with Crippen LogP contribution in [0.4, 0.5) is 4.79 Å². The summed E-state index contributed by atoms with van der Waals surface area (Å²) < 4.78 is 10.6. The number of hydrogen-bond donors (Lipinski definition) is 1. The minimum Gasteiger partial charge on any atom is -0.463 e. The van der Waals surface area contributed by atoms with Gasteiger partial charge in [-0.3, -0.25) is 4.79 Å². The van der Waals surface area contributed by atoms with E-state index in [1.165, 1.54) is 9.79 Å². The molecule has 0 fully saturated rings. The predicted octanol–water partition coefficient (Wildman–Crippen LogP) is 5.85. The minimum atomic E-state index is -0.585. The van der Waals surface area contributed by atoms with Crippen LogP contribution in [0.1, 0.15) is 27.2 Å². The predicted molar refractivity (Wildman–Crippen MR) is 131 cm³/mol. The molecule has 0 aromatic heterocycles. The molecule has 0 saturated heterocycles. The first kappa shape index (κ1) is 24.4. The maximum absolute atomic E-state index is 12.1. The summed E-state index contributed by atoms with van der Waals surface area (Å²) in [5.41, 5.74) is -0.528. The quantitative estimate of drug-likeness (QED) is 0.245. The van der Waals surface area contributed by atoms with E-state index in [-0.39, 0.29) is 30.0 Å². The van der Waals surface area contributed by atoms with Crippen LogP contribution in [0.15, 0.2) is 99.6 Å². The molecule has 1 N–H and O–H groups in total. The second-order valence-electron chi connectivity index (χ2n) is 8.09. The van der Waals surface area contributed by atoms with Crippen molar-refractivity contribution in [1.29, 1.82) is 0 Å². The van der Waals surface area contributed by atoms with Crippen LogP contribution in [-0.2, 0) is 20.4 Å². The molecular formula is C27H30NO4S+. The van der Waals surface area contributed by atoms with Crippen LogP contribution in [0.3, 0.4) is 0 Å². The number of esters is 1. The van der Waals surface area contributed by atoms with Crippen LogP contribution in [0.5, 0.6) is 5.75 Å². The Bertz CT molecular complexity index is 997. The molecular weight excluding hydrogens is 434 g/mol. The molecule has 0 bridgehead atoms. The minimum absolute atomic E-state index is 0.104. The van der Waals surface area contributed by atoms with Gasteiger partial charge in [0.05, 0.1) is 22.9 Å². The smallest absolute Gasteiger partial charge is 0.412 e. The average molecular weight is 465 g/mol. The molecule has 0 spiro atoms. The summed E-state index contributed by atoms with van der Waals surface area (Å²) in [6, 6.07) is 28.3. The van der Waals surface area contributed by atoms with Crippen molar-refractivity contribution in [3.63, 3.8) is 0 Å². The summed E-state index contributed by atoms with van der Waals surface area (Å²) in [5, 5.41) is 2.61. The summed E-state index contributed by atoms with van der Waals surface area (Å²) in [4.78, 5) is 27.6. The SMILES string of the molecule is CCC(C)(C)C(=O)OCCNC(=O)Oc1ccc([S+](c2ccccc2)c2ccccc2)cc1. The molecule has 3 aromatic carbocycles. The lowest BCUT2D eigenvalue weighted by Gasteiger charge is -2.20.